The molecule has 2 N–H and O–H groups in total. The lowest BCUT2D eigenvalue weighted by Gasteiger charge is -2.10. The summed E-state index contributed by atoms with van der Waals surface area (Å²) in [6, 6.07) is 14.4. The molecule has 15 heteroatoms. The van der Waals surface area contributed by atoms with Gasteiger partial charge in [0.25, 0.3) is 0 Å². The fourth-order valence-corrected chi connectivity index (χ4v) is 8.23. The van der Waals surface area contributed by atoms with Crippen LogP contribution in [0.15, 0.2) is 58.8 Å². The highest BCUT2D eigenvalue weighted by Crippen LogP contribution is 2.40. The summed E-state index contributed by atoms with van der Waals surface area (Å²) in [4.78, 5) is 28.0. The van der Waals surface area contributed by atoms with Crippen LogP contribution in [-0.2, 0) is 22.4 Å². The minimum atomic E-state index is -0.174. The van der Waals surface area contributed by atoms with Gasteiger partial charge < -0.3 is 20.1 Å². The van der Waals surface area contributed by atoms with Gasteiger partial charge in [-0.2, -0.15) is 0 Å². The van der Waals surface area contributed by atoms with E-state index in [2.05, 4.69) is 31.0 Å². The zero-order chi connectivity index (χ0) is 30.9. The van der Waals surface area contributed by atoms with Crippen molar-refractivity contribution in [2.75, 3.05) is 36.4 Å². The molecule has 4 heterocycles. The first-order valence-corrected chi connectivity index (χ1v) is 17.0. The number of anilines is 2. The number of carbonyl (C=O) groups excluding carboxylic acids is 2. The number of carbonyl (C=O) groups is 2. The van der Waals surface area contributed by atoms with Crippen LogP contribution in [0.1, 0.15) is 23.3 Å². The van der Waals surface area contributed by atoms with Gasteiger partial charge in [-0.15, -0.1) is 31.7 Å². The van der Waals surface area contributed by atoms with Crippen molar-refractivity contribution in [2.45, 2.75) is 36.0 Å². The molecule has 1 aliphatic rings. The molecule has 0 saturated heterocycles. The summed E-state index contributed by atoms with van der Waals surface area (Å²) in [6.45, 7) is 0. The minimum absolute atomic E-state index is 0.125. The molecule has 0 unspecified atom stereocenters. The largest absolute Gasteiger partial charge is 0.497 e. The van der Waals surface area contributed by atoms with Crippen LogP contribution in [0.4, 0.5) is 11.4 Å². The number of aryl methyl sites for hydroxylation is 2. The molecule has 0 bridgehead atoms. The summed E-state index contributed by atoms with van der Waals surface area (Å²) in [6.07, 6.45) is 4.23. The van der Waals surface area contributed by atoms with E-state index in [1.54, 1.807) is 74.1 Å². The maximum absolute atomic E-state index is 12.9. The van der Waals surface area contributed by atoms with Crippen LogP contribution >= 0.6 is 34.9 Å². The summed E-state index contributed by atoms with van der Waals surface area (Å²) < 4.78 is 14.3. The fraction of sp³-hybridized carbons (Fsp3) is 0.267. The number of hydrogen-bond donors (Lipinski definition) is 2. The number of fused-ring (bicyclic) bond motifs is 8. The van der Waals surface area contributed by atoms with E-state index in [0.29, 0.717) is 38.9 Å². The molecular formula is C30H28N8O4S3. The lowest BCUT2D eigenvalue weighted by molar-refractivity contribution is -0.114. The van der Waals surface area contributed by atoms with Crippen LogP contribution < -0.4 is 20.1 Å². The van der Waals surface area contributed by atoms with Gasteiger partial charge in [0.2, 0.25) is 17.6 Å². The van der Waals surface area contributed by atoms with Crippen LogP contribution in [0.5, 0.6) is 11.5 Å². The van der Waals surface area contributed by atoms with Gasteiger partial charge in [0.05, 0.1) is 31.1 Å². The van der Waals surface area contributed by atoms with Crippen molar-refractivity contribution >= 4 is 79.7 Å². The van der Waals surface area contributed by atoms with Gasteiger partial charge in [0, 0.05) is 16.3 Å². The average Bonchev–Trinajstić information content (AvgIpc) is 3.78. The third kappa shape index (κ3) is 5.78. The van der Waals surface area contributed by atoms with Gasteiger partial charge in [-0.3, -0.25) is 9.59 Å². The maximum atomic E-state index is 12.9. The Morgan fingerprint density at radius 1 is 0.778 bits per heavy atom. The number of ether oxygens (including phenoxy) is 2. The third-order valence-electron chi connectivity index (χ3n) is 7.44. The van der Waals surface area contributed by atoms with Crippen LogP contribution in [0.2, 0.25) is 0 Å². The third-order valence-corrected chi connectivity index (χ3v) is 10.6. The van der Waals surface area contributed by atoms with E-state index >= 15 is 0 Å². The Labute approximate surface area is 269 Å². The van der Waals surface area contributed by atoms with Gasteiger partial charge in [0.15, 0.2) is 16.0 Å². The normalized spacial score (nSPS) is 12.8. The molecule has 0 saturated carbocycles. The molecule has 1 aliphatic carbocycles. The topological polar surface area (TPSA) is 137 Å². The second-order valence-electron chi connectivity index (χ2n) is 10.3. The lowest BCUT2D eigenvalue weighted by atomic mass is 9.97. The van der Waals surface area contributed by atoms with Crippen molar-refractivity contribution < 1.29 is 19.1 Å². The van der Waals surface area contributed by atoms with E-state index in [0.717, 1.165) is 41.6 Å². The Bertz CT molecular complexity index is 2040. The van der Waals surface area contributed by atoms with Gasteiger partial charge in [0.1, 0.15) is 16.3 Å². The van der Waals surface area contributed by atoms with Gasteiger partial charge in [-0.1, -0.05) is 23.5 Å². The fourth-order valence-electron chi connectivity index (χ4n) is 5.33. The second-order valence-corrected chi connectivity index (χ2v) is 13.2. The predicted molar refractivity (Wildman–Crippen MR) is 176 cm³/mol. The summed E-state index contributed by atoms with van der Waals surface area (Å²) in [5, 5.41) is 26.1. The number of nitrogens with one attached hydrogen (secondary N) is 2. The molecule has 0 fully saturated rings. The Balaban J connectivity index is 1.18. The Hall–Kier alpha value is -4.34. The molecule has 0 radical (unpaired) electrons. The molecule has 45 heavy (non-hydrogen) atoms. The standard InChI is InChI=1S/C30H28N8O4S3/c1-41-19-11-7-17(8-12-19)31-23(39)15-43-29-35-33-26-25-21-5-3-4-6-22(21)45-27(25)38-28(37(26)29)34-36-30(38)44-16-24(40)32-18-9-13-20(42-2)14-10-18/h7-14H,3-6,15-16H2,1-2H3,(H,31,39)(H,32,40). The first-order valence-electron chi connectivity index (χ1n) is 14.2. The van der Waals surface area contributed by atoms with E-state index in [-0.39, 0.29) is 23.3 Å². The second kappa shape index (κ2) is 12.6. The van der Waals surface area contributed by atoms with Gasteiger partial charge >= 0.3 is 0 Å². The lowest BCUT2D eigenvalue weighted by Crippen LogP contribution is -2.14. The van der Waals surface area contributed by atoms with Crippen molar-refractivity contribution in [3.05, 3.63) is 59.0 Å². The molecule has 2 aromatic carbocycles. The van der Waals surface area contributed by atoms with Crippen LogP contribution in [0.25, 0.3) is 21.6 Å². The highest BCUT2D eigenvalue weighted by Gasteiger charge is 2.26. The Morgan fingerprint density at radius 3 is 1.93 bits per heavy atom. The highest BCUT2D eigenvalue weighted by atomic mass is 32.2. The van der Waals surface area contributed by atoms with E-state index in [9.17, 15) is 9.59 Å². The van der Waals surface area contributed by atoms with E-state index in [1.807, 2.05) is 8.80 Å². The molecule has 0 atom stereocenters. The number of nitrogens with zero attached hydrogens (tertiary/aromatic N) is 6. The smallest absolute Gasteiger partial charge is 0.245 e. The maximum Gasteiger partial charge on any atom is 0.245 e. The summed E-state index contributed by atoms with van der Waals surface area (Å²) in [7, 11) is 3.20. The summed E-state index contributed by atoms with van der Waals surface area (Å²) >= 11 is 4.33. The van der Waals surface area contributed by atoms with Crippen molar-refractivity contribution in [1.29, 1.82) is 0 Å². The van der Waals surface area contributed by atoms with Crippen LogP contribution in [-0.4, -0.2) is 66.7 Å². The zero-order valence-corrected chi connectivity index (χ0v) is 26.9. The minimum Gasteiger partial charge on any atom is -0.497 e. The number of aromatic nitrogens is 6. The van der Waals surface area contributed by atoms with Crippen LogP contribution in [0.3, 0.4) is 0 Å². The van der Waals surface area contributed by atoms with Crippen molar-refractivity contribution in [3.63, 3.8) is 0 Å². The van der Waals surface area contributed by atoms with Crippen molar-refractivity contribution in [3.8, 4) is 11.5 Å². The summed E-state index contributed by atoms with van der Waals surface area (Å²) in [5.41, 5.74) is 3.36. The first kappa shape index (κ1) is 29.4. The van der Waals surface area contributed by atoms with Crippen LogP contribution in [0, 0.1) is 0 Å². The molecule has 2 amide bonds. The zero-order valence-electron chi connectivity index (χ0n) is 24.4. The molecule has 12 nitrogen and oxygen atoms in total. The van der Waals surface area contributed by atoms with Crippen molar-refractivity contribution in [2.24, 2.45) is 0 Å². The Morgan fingerprint density at radius 2 is 1.33 bits per heavy atom. The van der Waals surface area contributed by atoms with E-state index in [4.69, 9.17) is 9.47 Å². The monoisotopic (exact) mass is 660 g/mol. The van der Waals surface area contributed by atoms with Gasteiger partial charge in [-0.05, 0) is 79.8 Å². The van der Waals surface area contributed by atoms with Crippen molar-refractivity contribution in [1.82, 2.24) is 29.2 Å². The molecule has 0 aliphatic heterocycles. The molecule has 4 aromatic heterocycles. The number of thioether (sulfide) groups is 2. The number of rotatable bonds is 10. The van der Waals surface area contributed by atoms with Gasteiger partial charge in [-0.25, -0.2) is 8.80 Å². The molecular weight excluding hydrogens is 633 g/mol. The number of amides is 2. The highest BCUT2D eigenvalue weighted by molar-refractivity contribution is 8.00. The van der Waals surface area contributed by atoms with E-state index in [1.165, 1.54) is 34.0 Å². The number of benzene rings is 2. The number of methoxy groups -OCH3 is 2. The first-order chi connectivity index (χ1) is 22.0. The number of hydrogen-bond acceptors (Lipinski definition) is 11. The molecule has 7 rings (SSSR count). The SMILES string of the molecule is COc1ccc(NC(=O)CSc2nnc3c4c5c(sc4n4c(SCC(=O)Nc6ccc(OC)cc6)nnc4n23)CCCC5)cc1. The Kier molecular flexibility index (Phi) is 8.21. The summed E-state index contributed by atoms with van der Waals surface area (Å²) in [5.74, 6) is 1.91. The average molecular weight is 661 g/mol. The molecule has 6 aromatic rings. The van der Waals surface area contributed by atoms with E-state index < -0.39 is 0 Å². The molecule has 230 valence electrons. The predicted octanol–water partition coefficient (Wildman–Crippen LogP) is 5.34. The number of thiophene rings is 1. The molecule has 0 spiro atoms. The quantitative estimate of drug-likeness (QED) is 0.185.